The van der Waals surface area contributed by atoms with Crippen molar-refractivity contribution in [2.75, 3.05) is 0 Å². The van der Waals surface area contributed by atoms with Gasteiger partial charge < -0.3 is 19.9 Å². The average molecular weight is 485 g/mol. The molecule has 7 heteroatoms. The first-order chi connectivity index (χ1) is 17.4. The van der Waals surface area contributed by atoms with Crippen molar-refractivity contribution in [2.45, 2.75) is 39.2 Å². The third-order valence-electron chi connectivity index (χ3n) is 6.19. The van der Waals surface area contributed by atoms with Gasteiger partial charge in [0, 0.05) is 19.4 Å². The van der Waals surface area contributed by atoms with E-state index in [0.717, 1.165) is 24.0 Å². The molecule has 4 aromatic rings. The minimum atomic E-state index is -1.07. The van der Waals surface area contributed by atoms with Gasteiger partial charge in [0.15, 0.2) is 5.69 Å². The maximum Gasteiger partial charge on any atom is 0.354 e. The topological polar surface area (TPSA) is 113 Å². The van der Waals surface area contributed by atoms with Crippen molar-refractivity contribution < 1.29 is 24.9 Å². The summed E-state index contributed by atoms with van der Waals surface area (Å²) in [6, 6.07) is 21.2. The largest absolute Gasteiger partial charge is 0.508 e. The number of phenols is 1. The standard InChI is InChI=1S/C29H28N2O5/c1-2-3-12-26-30-24(17-21-8-4-7-11-25(21)32)27(29(35)36)31(26)18-19-13-15-20(16-14-19)22-9-5-6-10-23(22)28(33)34/h4-11,13-16,32H,2-3,12,17-18H2,1H3,(H,33,34)(H,35,36). The second kappa shape index (κ2) is 10.9. The second-order valence-electron chi connectivity index (χ2n) is 8.67. The van der Waals surface area contributed by atoms with Gasteiger partial charge in [-0.05, 0) is 40.8 Å². The molecule has 0 atom stereocenters. The molecule has 0 radical (unpaired) electrons. The predicted molar refractivity (Wildman–Crippen MR) is 137 cm³/mol. The number of rotatable bonds is 10. The zero-order valence-corrected chi connectivity index (χ0v) is 20.0. The third-order valence-corrected chi connectivity index (χ3v) is 6.19. The number of phenolic OH excluding ortho intramolecular Hbond substituents is 1. The van der Waals surface area contributed by atoms with Gasteiger partial charge in [-0.2, -0.15) is 0 Å². The van der Waals surface area contributed by atoms with Crippen molar-refractivity contribution in [3.63, 3.8) is 0 Å². The van der Waals surface area contributed by atoms with Crippen LogP contribution in [0.1, 0.15) is 63.3 Å². The molecule has 0 saturated heterocycles. The second-order valence-corrected chi connectivity index (χ2v) is 8.67. The summed E-state index contributed by atoms with van der Waals surface area (Å²) in [7, 11) is 0. The van der Waals surface area contributed by atoms with E-state index in [1.165, 1.54) is 0 Å². The number of aromatic carboxylic acids is 2. The van der Waals surface area contributed by atoms with E-state index < -0.39 is 11.9 Å². The summed E-state index contributed by atoms with van der Waals surface area (Å²) in [6.07, 6.45) is 2.67. The van der Waals surface area contributed by atoms with Gasteiger partial charge >= 0.3 is 11.9 Å². The van der Waals surface area contributed by atoms with Crippen LogP contribution in [0, 0.1) is 0 Å². The molecule has 7 nitrogen and oxygen atoms in total. The van der Waals surface area contributed by atoms with Crippen LogP contribution in [-0.2, 0) is 19.4 Å². The predicted octanol–water partition coefficient (Wildman–Crippen LogP) is 5.63. The Morgan fingerprint density at radius 1 is 0.889 bits per heavy atom. The molecule has 3 N–H and O–H groups in total. The maximum atomic E-state index is 12.4. The van der Waals surface area contributed by atoms with Crippen LogP contribution in [0.25, 0.3) is 11.1 Å². The van der Waals surface area contributed by atoms with Crippen LogP contribution in [0.3, 0.4) is 0 Å². The fourth-order valence-corrected chi connectivity index (χ4v) is 4.35. The minimum absolute atomic E-state index is 0.107. The summed E-state index contributed by atoms with van der Waals surface area (Å²) in [5, 5.41) is 29.8. The maximum absolute atomic E-state index is 12.4. The number of hydrogen-bond acceptors (Lipinski definition) is 4. The number of aromatic hydroxyl groups is 1. The molecule has 0 aliphatic carbocycles. The van der Waals surface area contributed by atoms with E-state index in [2.05, 4.69) is 6.92 Å². The molecule has 0 unspecified atom stereocenters. The van der Waals surface area contributed by atoms with E-state index in [-0.39, 0.29) is 23.4 Å². The van der Waals surface area contributed by atoms with Gasteiger partial charge in [-0.25, -0.2) is 14.6 Å². The van der Waals surface area contributed by atoms with Crippen LogP contribution in [0.4, 0.5) is 0 Å². The SMILES string of the molecule is CCCCc1nc(Cc2ccccc2O)c(C(=O)O)n1Cc1ccc(-c2ccccc2C(=O)O)cc1. The molecule has 0 spiro atoms. The first-order valence-corrected chi connectivity index (χ1v) is 11.9. The van der Waals surface area contributed by atoms with E-state index in [0.29, 0.717) is 35.6 Å². The van der Waals surface area contributed by atoms with Gasteiger partial charge in [-0.1, -0.05) is 74.0 Å². The molecule has 1 aromatic heterocycles. The van der Waals surface area contributed by atoms with Crippen molar-refractivity contribution >= 4 is 11.9 Å². The van der Waals surface area contributed by atoms with Crippen LogP contribution in [0.2, 0.25) is 0 Å². The van der Waals surface area contributed by atoms with Crippen LogP contribution in [0.15, 0.2) is 72.8 Å². The molecular weight excluding hydrogens is 456 g/mol. The fraction of sp³-hybridized carbons (Fsp3) is 0.207. The van der Waals surface area contributed by atoms with Crippen molar-refractivity contribution in [1.29, 1.82) is 0 Å². The lowest BCUT2D eigenvalue weighted by Crippen LogP contribution is -2.14. The molecule has 1 heterocycles. The van der Waals surface area contributed by atoms with Gasteiger partial charge in [-0.3, -0.25) is 0 Å². The van der Waals surface area contributed by atoms with Crippen LogP contribution in [-0.4, -0.2) is 36.8 Å². The number of aromatic nitrogens is 2. The average Bonchev–Trinajstić information content (AvgIpc) is 3.21. The number of unbranched alkanes of at least 4 members (excludes halogenated alkanes) is 1. The molecule has 0 aliphatic heterocycles. The van der Waals surface area contributed by atoms with E-state index in [9.17, 15) is 24.9 Å². The van der Waals surface area contributed by atoms with E-state index in [1.807, 2.05) is 24.3 Å². The molecule has 184 valence electrons. The number of nitrogens with zero attached hydrogens (tertiary/aromatic N) is 2. The fourth-order valence-electron chi connectivity index (χ4n) is 4.35. The molecule has 0 amide bonds. The minimum Gasteiger partial charge on any atom is -0.508 e. The highest BCUT2D eigenvalue weighted by molar-refractivity contribution is 5.96. The molecule has 0 saturated carbocycles. The Balaban J connectivity index is 1.70. The Morgan fingerprint density at radius 2 is 1.58 bits per heavy atom. The summed E-state index contributed by atoms with van der Waals surface area (Å²) in [5.41, 5.74) is 3.65. The Labute approximate surface area is 209 Å². The normalized spacial score (nSPS) is 10.9. The molecule has 36 heavy (non-hydrogen) atoms. The van der Waals surface area contributed by atoms with Crippen LogP contribution < -0.4 is 0 Å². The lowest BCUT2D eigenvalue weighted by atomic mass is 9.98. The number of hydrogen-bond donors (Lipinski definition) is 3. The number of imidazole rings is 1. The smallest absolute Gasteiger partial charge is 0.354 e. The number of carbonyl (C=O) groups is 2. The van der Waals surface area contributed by atoms with Gasteiger partial charge in [0.1, 0.15) is 11.6 Å². The summed E-state index contributed by atoms with van der Waals surface area (Å²) in [6.45, 7) is 2.39. The van der Waals surface area contributed by atoms with Crippen molar-refractivity contribution in [1.82, 2.24) is 9.55 Å². The third kappa shape index (κ3) is 5.30. The van der Waals surface area contributed by atoms with Crippen LogP contribution >= 0.6 is 0 Å². The lowest BCUT2D eigenvalue weighted by Gasteiger charge is -2.12. The monoisotopic (exact) mass is 484 g/mol. The molecule has 0 bridgehead atoms. The van der Waals surface area contributed by atoms with E-state index in [1.54, 1.807) is 53.1 Å². The van der Waals surface area contributed by atoms with Gasteiger partial charge in [-0.15, -0.1) is 0 Å². The molecule has 4 rings (SSSR count). The highest BCUT2D eigenvalue weighted by Crippen LogP contribution is 2.26. The summed E-state index contributed by atoms with van der Waals surface area (Å²) < 4.78 is 1.74. The Bertz CT molecular complexity index is 1390. The van der Waals surface area contributed by atoms with Gasteiger partial charge in [0.05, 0.1) is 11.3 Å². The van der Waals surface area contributed by atoms with E-state index >= 15 is 0 Å². The highest BCUT2D eigenvalue weighted by Gasteiger charge is 2.23. The molecule has 0 aliphatic rings. The summed E-state index contributed by atoms with van der Waals surface area (Å²) >= 11 is 0. The highest BCUT2D eigenvalue weighted by atomic mass is 16.4. The quantitative estimate of drug-likeness (QED) is 0.269. The first-order valence-electron chi connectivity index (χ1n) is 11.9. The number of para-hydroxylation sites is 1. The van der Waals surface area contributed by atoms with Crippen molar-refractivity contribution in [2.24, 2.45) is 0 Å². The summed E-state index contributed by atoms with van der Waals surface area (Å²) in [5.74, 6) is -1.25. The lowest BCUT2D eigenvalue weighted by molar-refractivity contribution is 0.0678. The summed E-state index contributed by atoms with van der Waals surface area (Å²) in [4.78, 5) is 28.7. The number of aryl methyl sites for hydroxylation is 1. The Morgan fingerprint density at radius 3 is 2.25 bits per heavy atom. The zero-order chi connectivity index (χ0) is 25.7. The van der Waals surface area contributed by atoms with E-state index in [4.69, 9.17) is 4.98 Å². The zero-order valence-electron chi connectivity index (χ0n) is 20.0. The number of benzene rings is 3. The Hall–Kier alpha value is -4.39. The molecule has 3 aromatic carbocycles. The van der Waals surface area contributed by atoms with Gasteiger partial charge in [0.25, 0.3) is 0 Å². The number of carboxylic acid groups (broad SMARTS) is 2. The molecular formula is C29H28N2O5. The van der Waals surface area contributed by atoms with Crippen molar-refractivity contribution in [3.8, 4) is 16.9 Å². The van der Waals surface area contributed by atoms with Crippen molar-refractivity contribution in [3.05, 3.63) is 107 Å². The number of carboxylic acids is 2. The van der Waals surface area contributed by atoms with Gasteiger partial charge in [0.2, 0.25) is 0 Å². The molecule has 0 fully saturated rings. The Kier molecular flexibility index (Phi) is 7.49. The van der Waals surface area contributed by atoms with Crippen LogP contribution in [0.5, 0.6) is 5.75 Å². The first kappa shape index (κ1) is 24.7.